The van der Waals surface area contributed by atoms with Gasteiger partial charge in [0.25, 0.3) is 0 Å². The van der Waals surface area contributed by atoms with E-state index in [2.05, 4.69) is 0 Å². The van der Waals surface area contributed by atoms with E-state index in [0.29, 0.717) is 5.69 Å². The molecule has 1 aromatic heterocycles. The molecule has 3 heteroatoms. The summed E-state index contributed by atoms with van der Waals surface area (Å²) in [4.78, 5) is 0. The SMILES string of the molecule is Cn1c(CF)cc2ccc(O)cc21. The second-order valence-electron chi connectivity index (χ2n) is 3.07. The average Bonchev–Trinajstić information content (AvgIpc) is 2.44. The lowest BCUT2D eigenvalue weighted by Gasteiger charge is -1.99. The first-order valence-electron chi connectivity index (χ1n) is 4.05. The molecule has 1 heterocycles. The van der Waals surface area contributed by atoms with Gasteiger partial charge in [-0.25, -0.2) is 4.39 Å². The fourth-order valence-corrected chi connectivity index (χ4v) is 1.50. The predicted molar refractivity (Wildman–Crippen MR) is 49.4 cm³/mol. The van der Waals surface area contributed by atoms with E-state index in [1.165, 1.54) is 0 Å². The Morgan fingerprint density at radius 2 is 2.15 bits per heavy atom. The van der Waals surface area contributed by atoms with Crippen molar-refractivity contribution in [2.24, 2.45) is 7.05 Å². The van der Waals surface area contributed by atoms with Crippen molar-refractivity contribution in [2.45, 2.75) is 6.67 Å². The van der Waals surface area contributed by atoms with Crippen LogP contribution < -0.4 is 0 Å². The molecule has 0 amide bonds. The van der Waals surface area contributed by atoms with Gasteiger partial charge in [0.2, 0.25) is 0 Å². The standard InChI is InChI=1S/C10H10FNO/c1-12-8(6-11)4-7-2-3-9(13)5-10(7)12/h2-5,13H,6H2,1H3. The van der Waals surface area contributed by atoms with Crippen LogP contribution in [0.3, 0.4) is 0 Å². The zero-order valence-electron chi connectivity index (χ0n) is 7.29. The summed E-state index contributed by atoms with van der Waals surface area (Å²) in [6, 6.07) is 6.80. The van der Waals surface area contributed by atoms with Gasteiger partial charge >= 0.3 is 0 Å². The number of hydrogen-bond acceptors (Lipinski definition) is 1. The van der Waals surface area contributed by atoms with Gasteiger partial charge in [-0.2, -0.15) is 0 Å². The van der Waals surface area contributed by atoms with Crippen LogP contribution in [0.4, 0.5) is 4.39 Å². The minimum atomic E-state index is -0.480. The Morgan fingerprint density at radius 3 is 2.85 bits per heavy atom. The summed E-state index contributed by atoms with van der Waals surface area (Å²) in [5.41, 5.74) is 1.48. The Hall–Kier alpha value is -1.51. The molecule has 0 fully saturated rings. The van der Waals surface area contributed by atoms with Crippen LogP contribution in [0, 0.1) is 0 Å². The highest BCUT2D eigenvalue weighted by Gasteiger charge is 2.05. The predicted octanol–water partition coefficient (Wildman–Crippen LogP) is 2.35. The zero-order valence-corrected chi connectivity index (χ0v) is 7.29. The van der Waals surface area contributed by atoms with Gasteiger partial charge in [0.05, 0.1) is 5.52 Å². The van der Waals surface area contributed by atoms with E-state index < -0.39 is 6.67 Å². The van der Waals surface area contributed by atoms with Crippen LogP contribution in [0.5, 0.6) is 5.75 Å². The molecule has 2 nitrogen and oxygen atoms in total. The Bertz CT molecular complexity index is 447. The van der Waals surface area contributed by atoms with E-state index >= 15 is 0 Å². The monoisotopic (exact) mass is 179 g/mol. The Labute approximate surface area is 75.2 Å². The van der Waals surface area contributed by atoms with Crippen molar-refractivity contribution in [3.63, 3.8) is 0 Å². The molecule has 0 bridgehead atoms. The van der Waals surface area contributed by atoms with Gasteiger partial charge < -0.3 is 9.67 Å². The average molecular weight is 179 g/mol. The van der Waals surface area contributed by atoms with Crippen LogP contribution in [0.25, 0.3) is 10.9 Å². The first kappa shape index (κ1) is 8.10. The Kier molecular flexibility index (Phi) is 1.72. The van der Waals surface area contributed by atoms with Crippen LogP contribution in [-0.2, 0) is 13.7 Å². The molecular weight excluding hydrogens is 169 g/mol. The van der Waals surface area contributed by atoms with Crippen molar-refractivity contribution >= 4 is 10.9 Å². The van der Waals surface area contributed by atoms with Crippen LogP contribution in [0.2, 0.25) is 0 Å². The lowest BCUT2D eigenvalue weighted by atomic mass is 10.2. The highest BCUT2D eigenvalue weighted by Crippen LogP contribution is 2.23. The van der Waals surface area contributed by atoms with Crippen LogP contribution >= 0.6 is 0 Å². The third-order valence-corrected chi connectivity index (χ3v) is 2.27. The van der Waals surface area contributed by atoms with Crippen molar-refractivity contribution in [3.05, 3.63) is 30.0 Å². The first-order valence-corrected chi connectivity index (χ1v) is 4.05. The number of hydrogen-bond donors (Lipinski definition) is 1. The fourth-order valence-electron chi connectivity index (χ4n) is 1.50. The lowest BCUT2D eigenvalue weighted by Crippen LogP contribution is -1.92. The van der Waals surface area contributed by atoms with Gasteiger partial charge in [-0.1, -0.05) is 0 Å². The van der Waals surface area contributed by atoms with Crippen LogP contribution in [0.15, 0.2) is 24.3 Å². The fraction of sp³-hybridized carbons (Fsp3) is 0.200. The van der Waals surface area contributed by atoms with E-state index in [0.717, 1.165) is 10.9 Å². The summed E-state index contributed by atoms with van der Waals surface area (Å²) in [6.07, 6.45) is 0. The summed E-state index contributed by atoms with van der Waals surface area (Å²) >= 11 is 0. The highest BCUT2D eigenvalue weighted by molar-refractivity contribution is 5.82. The van der Waals surface area contributed by atoms with Gasteiger partial charge in [0.15, 0.2) is 0 Å². The van der Waals surface area contributed by atoms with Crippen molar-refractivity contribution in [3.8, 4) is 5.75 Å². The summed E-state index contributed by atoms with van der Waals surface area (Å²) in [6.45, 7) is -0.480. The summed E-state index contributed by atoms with van der Waals surface area (Å²) < 4.78 is 14.2. The maximum Gasteiger partial charge on any atom is 0.129 e. The van der Waals surface area contributed by atoms with E-state index in [4.69, 9.17) is 0 Å². The molecule has 0 aliphatic heterocycles. The third-order valence-electron chi connectivity index (χ3n) is 2.27. The molecular formula is C10H10FNO. The maximum absolute atomic E-state index is 12.4. The van der Waals surface area contributed by atoms with E-state index in [9.17, 15) is 9.50 Å². The van der Waals surface area contributed by atoms with E-state index in [1.54, 1.807) is 35.9 Å². The molecule has 68 valence electrons. The molecule has 1 N–H and O–H groups in total. The summed E-state index contributed by atoms with van der Waals surface area (Å²) in [7, 11) is 1.79. The molecule has 13 heavy (non-hydrogen) atoms. The number of aromatic hydroxyl groups is 1. The number of nitrogens with zero attached hydrogens (tertiary/aromatic N) is 1. The van der Waals surface area contributed by atoms with Crippen molar-refractivity contribution in [2.75, 3.05) is 0 Å². The molecule has 0 radical (unpaired) electrons. The second kappa shape index (κ2) is 2.76. The zero-order chi connectivity index (χ0) is 9.42. The first-order chi connectivity index (χ1) is 6.22. The number of fused-ring (bicyclic) bond motifs is 1. The molecule has 0 saturated heterocycles. The molecule has 0 aliphatic carbocycles. The maximum atomic E-state index is 12.4. The number of phenolic OH excluding ortho intramolecular Hbond substituents is 1. The molecule has 0 aliphatic rings. The quantitative estimate of drug-likeness (QED) is 0.714. The lowest BCUT2D eigenvalue weighted by molar-refractivity contribution is 0.466. The third kappa shape index (κ3) is 1.16. The van der Waals surface area contributed by atoms with Gasteiger partial charge in [0.1, 0.15) is 12.4 Å². The van der Waals surface area contributed by atoms with Gasteiger partial charge in [-0.15, -0.1) is 0 Å². The number of phenols is 1. The van der Waals surface area contributed by atoms with Crippen LogP contribution in [-0.4, -0.2) is 9.67 Å². The van der Waals surface area contributed by atoms with Gasteiger partial charge in [-0.3, -0.25) is 0 Å². The van der Waals surface area contributed by atoms with Gasteiger partial charge in [0, 0.05) is 24.2 Å². The second-order valence-corrected chi connectivity index (χ2v) is 3.07. The van der Waals surface area contributed by atoms with Crippen molar-refractivity contribution in [1.29, 1.82) is 0 Å². The molecule has 0 saturated carbocycles. The largest absolute Gasteiger partial charge is 0.508 e. The molecule has 1 aromatic carbocycles. The molecule has 0 spiro atoms. The molecule has 0 unspecified atom stereocenters. The minimum Gasteiger partial charge on any atom is -0.508 e. The Balaban J connectivity index is 2.77. The topological polar surface area (TPSA) is 25.2 Å². The number of rotatable bonds is 1. The van der Waals surface area contributed by atoms with Crippen molar-refractivity contribution in [1.82, 2.24) is 4.57 Å². The normalized spacial score (nSPS) is 10.9. The number of alkyl halides is 1. The number of halogens is 1. The molecule has 2 rings (SSSR count). The van der Waals surface area contributed by atoms with E-state index in [1.807, 2.05) is 0 Å². The van der Waals surface area contributed by atoms with E-state index in [-0.39, 0.29) is 5.75 Å². The smallest absolute Gasteiger partial charge is 0.129 e. The van der Waals surface area contributed by atoms with Gasteiger partial charge in [-0.05, 0) is 18.2 Å². The number of aryl methyl sites for hydroxylation is 1. The summed E-state index contributed by atoms with van der Waals surface area (Å²) in [5.74, 6) is 0.208. The van der Waals surface area contributed by atoms with Crippen molar-refractivity contribution < 1.29 is 9.50 Å². The molecule has 2 aromatic rings. The minimum absolute atomic E-state index is 0.208. The number of benzene rings is 1. The highest BCUT2D eigenvalue weighted by atomic mass is 19.1. The summed E-state index contributed by atoms with van der Waals surface area (Å²) in [5, 5.41) is 10.2. The van der Waals surface area contributed by atoms with Crippen LogP contribution in [0.1, 0.15) is 5.69 Å². The number of aromatic nitrogens is 1. The Morgan fingerprint density at radius 1 is 1.38 bits per heavy atom. The molecule has 0 atom stereocenters.